The van der Waals surface area contributed by atoms with Crippen LogP contribution in [-0.4, -0.2) is 110 Å². The molecule has 16 heteroatoms. The van der Waals surface area contributed by atoms with Crippen molar-refractivity contribution in [1.29, 1.82) is 0 Å². The number of fused-ring (bicyclic) bond motifs is 1. The van der Waals surface area contributed by atoms with Gasteiger partial charge in [-0.3, -0.25) is 24.0 Å². The lowest BCUT2D eigenvalue weighted by Crippen LogP contribution is -2.47. The highest BCUT2D eigenvalue weighted by Gasteiger charge is 2.34. The number of likely N-dealkylation sites (N-methyl/N-ethyl adjacent to an activating group) is 1. The number of likely N-dealkylation sites (tertiary alicyclic amines) is 2. The summed E-state index contributed by atoms with van der Waals surface area (Å²) in [6, 6.07) is 5.69. The van der Waals surface area contributed by atoms with Crippen molar-refractivity contribution in [3.8, 4) is 17.0 Å². The Morgan fingerprint density at radius 3 is 2.69 bits per heavy atom. The molecule has 0 radical (unpaired) electrons. The van der Waals surface area contributed by atoms with Gasteiger partial charge in [-0.05, 0) is 62.4 Å². The number of carbonyl (C=O) groups is 3. The number of carbonyl (C=O) groups excluding carboxylic acids is 3. The molecule has 5 heterocycles. The normalized spacial score (nSPS) is 17.3. The third-order valence-corrected chi connectivity index (χ3v) is 9.03. The molecular weight excluding hydrogens is 648 g/mol. The number of ether oxygens (including phenoxy) is 1. The molecular formula is C32H36ClF2N9O4. The van der Waals surface area contributed by atoms with Gasteiger partial charge >= 0.3 is 6.61 Å². The predicted octanol–water partition coefficient (Wildman–Crippen LogP) is 3.89. The largest absolute Gasteiger partial charge is 0.434 e. The second-order valence-electron chi connectivity index (χ2n) is 12.2. The fourth-order valence-electron chi connectivity index (χ4n) is 6.41. The van der Waals surface area contributed by atoms with E-state index < -0.39 is 12.5 Å². The van der Waals surface area contributed by atoms with E-state index in [0.29, 0.717) is 24.7 Å². The number of rotatable bonds is 10. The van der Waals surface area contributed by atoms with Crippen molar-refractivity contribution in [2.75, 3.05) is 45.6 Å². The summed E-state index contributed by atoms with van der Waals surface area (Å²) in [6.07, 6.45) is 9.49. The van der Waals surface area contributed by atoms with Gasteiger partial charge in [-0.25, -0.2) is 9.50 Å². The van der Waals surface area contributed by atoms with Crippen molar-refractivity contribution < 1.29 is 27.9 Å². The predicted molar refractivity (Wildman–Crippen MR) is 173 cm³/mol. The number of hydrogen-bond acceptors (Lipinski definition) is 8. The zero-order valence-electron chi connectivity index (χ0n) is 26.6. The highest BCUT2D eigenvalue weighted by Crippen LogP contribution is 2.37. The maximum absolute atomic E-state index is 13.5. The minimum absolute atomic E-state index is 0.0846. The number of aromatic nitrogens is 5. The molecule has 6 rings (SSSR count). The van der Waals surface area contributed by atoms with E-state index in [4.69, 9.17) is 16.3 Å². The molecule has 4 aromatic rings. The molecule has 2 aliphatic heterocycles. The van der Waals surface area contributed by atoms with Crippen molar-refractivity contribution in [3.63, 3.8) is 0 Å². The number of nitrogens with zero attached hydrogens (tertiary/aromatic N) is 8. The number of halogens is 3. The average Bonchev–Trinajstić information content (AvgIpc) is 3.80. The molecule has 13 nitrogen and oxygen atoms in total. The Morgan fingerprint density at radius 1 is 1.15 bits per heavy atom. The molecule has 2 aliphatic rings. The van der Waals surface area contributed by atoms with Crippen LogP contribution in [0.25, 0.3) is 16.9 Å². The standard InChI is InChI=1S/C32H36ClF2N9O4/c1-40(2)31(47)25-5-3-11-42(25)17-20-8-13-41(14-9-20)27(45)19-43-18-24(38-30(46)23-16-37-44-12-4-10-36-29(23)44)28(39-43)22-15-21(33)6-7-26(22)48-32(34)35/h4,6-7,10,12,15-16,18,20,25,32H,3,5,8-9,11,13-14,17,19H2,1-2H3,(H,38,46). The zero-order valence-corrected chi connectivity index (χ0v) is 27.3. The Labute approximate surface area is 280 Å². The number of hydrogen-bond donors (Lipinski definition) is 1. The molecule has 254 valence electrons. The van der Waals surface area contributed by atoms with Crippen molar-refractivity contribution in [2.45, 2.75) is 44.9 Å². The second kappa shape index (κ2) is 14.2. The third kappa shape index (κ3) is 7.26. The van der Waals surface area contributed by atoms with Crippen LogP contribution in [0.5, 0.6) is 5.75 Å². The molecule has 1 atom stereocenters. The van der Waals surface area contributed by atoms with Gasteiger partial charge < -0.3 is 19.9 Å². The highest BCUT2D eigenvalue weighted by molar-refractivity contribution is 6.31. The van der Waals surface area contributed by atoms with E-state index >= 15 is 0 Å². The van der Waals surface area contributed by atoms with E-state index in [-0.39, 0.29) is 57.7 Å². The fourth-order valence-corrected chi connectivity index (χ4v) is 6.59. The van der Waals surface area contributed by atoms with Crippen LogP contribution >= 0.6 is 11.6 Å². The van der Waals surface area contributed by atoms with E-state index in [1.54, 1.807) is 36.2 Å². The molecule has 1 aromatic carbocycles. The summed E-state index contributed by atoms with van der Waals surface area (Å²) in [5.74, 6) is -0.440. The van der Waals surface area contributed by atoms with Crippen LogP contribution in [0.15, 0.2) is 49.1 Å². The molecule has 0 spiro atoms. The molecule has 1 unspecified atom stereocenters. The lowest BCUT2D eigenvalue weighted by Gasteiger charge is -2.35. The minimum atomic E-state index is -3.12. The lowest BCUT2D eigenvalue weighted by molar-refractivity contribution is -0.133. The summed E-state index contributed by atoms with van der Waals surface area (Å²) >= 11 is 6.24. The van der Waals surface area contributed by atoms with Crippen LogP contribution in [0.2, 0.25) is 5.02 Å². The number of nitrogens with one attached hydrogen (secondary N) is 1. The maximum atomic E-state index is 13.5. The van der Waals surface area contributed by atoms with Gasteiger partial charge in [0.1, 0.15) is 23.6 Å². The van der Waals surface area contributed by atoms with E-state index in [1.165, 1.54) is 46.0 Å². The van der Waals surface area contributed by atoms with Crippen molar-refractivity contribution in [2.24, 2.45) is 5.92 Å². The first kappa shape index (κ1) is 33.3. The first-order valence-electron chi connectivity index (χ1n) is 15.7. The van der Waals surface area contributed by atoms with Gasteiger partial charge in [0, 0.05) is 62.9 Å². The van der Waals surface area contributed by atoms with E-state index in [0.717, 1.165) is 38.8 Å². The monoisotopic (exact) mass is 683 g/mol. The molecule has 2 fully saturated rings. The van der Waals surface area contributed by atoms with Gasteiger partial charge in [-0.2, -0.15) is 19.0 Å². The SMILES string of the molecule is CN(C)C(=O)C1CCCN1CC1CCN(C(=O)Cn2cc(NC(=O)c3cnn4cccnc34)c(-c3cc(Cl)ccc3OC(F)F)n2)CC1. The molecule has 2 saturated heterocycles. The minimum Gasteiger partial charge on any atom is -0.434 e. The van der Waals surface area contributed by atoms with Gasteiger partial charge in [0.05, 0.1) is 17.9 Å². The highest BCUT2D eigenvalue weighted by atomic mass is 35.5. The molecule has 3 amide bonds. The van der Waals surface area contributed by atoms with Gasteiger partial charge in [0.2, 0.25) is 11.8 Å². The summed E-state index contributed by atoms with van der Waals surface area (Å²) in [6.45, 7) is -0.433. The van der Waals surface area contributed by atoms with Crippen LogP contribution < -0.4 is 10.1 Å². The molecule has 0 bridgehead atoms. The van der Waals surface area contributed by atoms with Crippen LogP contribution in [0.3, 0.4) is 0 Å². The first-order chi connectivity index (χ1) is 23.1. The summed E-state index contributed by atoms with van der Waals surface area (Å²) in [5, 5.41) is 11.7. The molecule has 3 aromatic heterocycles. The Bertz CT molecular complexity index is 1800. The van der Waals surface area contributed by atoms with Crippen molar-refractivity contribution in [1.82, 2.24) is 39.1 Å². The number of benzene rings is 1. The lowest BCUT2D eigenvalue weighted by atomic mass is 9.95. The van der Waals surface area contributed by atoms with Gasteiger partial charge in [-0.15, -0.1) is 0 Å². The number of alkyl halides is 2. The maximum Gasteiger partial charge on any atom is 0.387 e. The Morgan fingerprint density at radius 2 is 1.94 bits per heavy atom. The molecule has 0 aliphatic carbocycles. The van der Waals surface area contributed by atoms with Crippen LogP contribution in [0, 0.1) is 5.92 Å². The number of amides is 3. The summed E-state index contributed by atoms with van der Waals surface area (Å²) in [4.78, 5) is 49.4. The average molecular weight is 684 g/mol. The molecule has 48 heavy (non-hydrogen) atoms. The van der Waals surface area contributed by atoms with Crippen LogP contribution in [0.1, 0.15) is 36.0 Å². The zero-order chi connectivity index (χ0) is 33.9. The molecule has 0 saturated carbocycles. The smallest absolute Gasteiger partial charge is 0.387 e. The quantitative estimate of drug-likeness (QED) is 0.267. The van der Waals surface area contributed by atoms with Crippen molar-refractivity contribution in [3.05, 3.63) is 59.6 Å². The third-order valence-electron chi connectivity index (χ3n) is 8.79. The van der Waals surface area contributed by atoms with Crippen molar-refractivity contribution >= 4 is 40.7 Å². The topological polar surface area (TPSA) is 130 Å². The Balaban J connectivity index is 1.18. The fraction of sp³-hybridized carbons (Fsp3) is 0.438. The Kier molecular flexibility index (Phi) is 9.87. The van der Waals surface area contributed by atoms with E-state index in [2.05, 4.69) is 25.4 Å². The van der Waals surface area contributed by atoms with Crippen LogP contribution in [-0.2, 0) is 16.1 Å². The Hall–Kier alpha value is -4.63. The first-order valence-corrected chi connectivity index (χ1v) is 16.1. The summed E-state index contributed by atoms with van der Waals surface area (Å²) in [5.41, 5.74) is 0.836. The summed E-state index contributed by atoms with van der Waals surface area (Å²) in [7, 11) is 3.57. The second-order valence-corrected chi connectivity index (χ2v) is 12.7. The van der Waals surface area contributed by atoms with E-state index in [1.807, 2.05) is 0 Å². The van der Waals surface area contributed by atoms with E-state index in [9.17, 15) is 23.2 Å². The number of piperidine rings is 1. The number of anilines is 1. The van der Waals surface area contributed by atoms with Gasteiger partial charge in [-0.1, -0.05) is 11.6 Å². The van der Waals surface area contributed by atoms with Crippen LogP contribution in [0.4, 0.5) is 14.5 Å². The van der Waals surface area contributed by atoms with Gasteiger partial charge in [0.15, 0.2) is 5.65 Å². The molecule has 1 N–H and O–H groups in total. The van der Waals surface area contributed by atoms with Gasteiger partial charge in [0.25, 0.3) is 5.91 Å². The summed E-state index contributed by atoms with van der Waals surface area (Å²) < 4.78 is 34.2.